The monoisotopic (exact) mass is 170 g/mol. The molecule has 1 unspecified atom stereocenters. The summed E-state index contributed by atoms with van der Waals surface area (Å²) < 4.78 is 0. The summed E-state index contributed by atoms with van der Waals surface area (Å²) in [5.41, 5.74) is 0. The van der Waals surface area contributed by atoms with E-state index in [2.05, 4.69) is 19.1 Å². The molecule has 1 aromatic heterocycles. The highest BCUT2D eigenvalue weighted by Crippen LogP contribution is 2.17. The van der Waals surface area contributed by atoms with Crippen molar-refractivity contribution in [2.24, 2.45) is 0 Å². The van der Waals surface area contributed by atoms with Crippen LogP contribution in [0, 0.1) is 6.92 Å². The van der Waals surface area contributed by atoms with E-state index in [0.29, 0.717) is 0 Å². The molecule has 2 heteroatoms. The van der Waals surface area contributed by atoms with Crippen LogP contribution in [0.5, 0.6) is 0 Å². The average Bonchev–Trinajstić information content (AvgIpc) is 2.35. The Morgan fingerprint density at radius 1 is 1.55 bits per heavy atom. The van der Waals surface area contributed by atoms with Gasteiger partial charge in [0.15, 0.2) is 0 Å². The minimum absolute atomic E-state index is 0.159. The highest BCUT2D eigenvalue weighted by Gasteiger charge is 2.03. The first-order chi connectivity index (χ1) is 5.22. The molecule has 0 aliphatic rings. The average molecular weight is 170 g/mol. The first kappa shape index (κ1) is 8.75. The summed E-state index contributed by atoms with van der Waals surface area (Å²) in [5, 5.41) is 9.33. The quantitative estimate of drug-likeness (QED) is 0.738. The zero-order valence-corrected chi connectivity index (χ0v) is 7.82. The number of hydrogen-bond donors (Lipinski definition) is 1. The lowest BCUT2D eigenvalue weighted by molar-refractivity contribution is 0.171. The van der Waals surface area contributed by atoms with Crippen LogP contribution in [-0.2, 0) is 6.42 Å². The van der Waals surface area contributed by atoms with E-state index in [1.54, 1.807) is 11.3 Å². The van der Waals surface area contributed by atoms with Crippen molar-refractivity contribution in [2.45, 2.75) is 32.8 Å². The summed E-state index contributed by atoms with van der Waals surface area (Å²) in [4.78, 5) is 2.61. The second-order valence-electron chi connectivity index (χ2n) is 2.78. The van der Waals surface area contributed by atoms with Gasteiger partial charge in [0.1, 0.15) is 0 Å². The van der Waals surface area contributed by atoms with Gasteiger partial charge in [0.25, 0.3) is 0 Å². The Bertz CT molecular complexity index is 217. The van der Waals surface area contributed by atoms with Crippen LogP contribution in [-0.4, -0.2) is 11.2 Å². The maximum atomic E-state index is 9.33. The van der Waals surface area contributed by atoms with Gasteiger partial charge < -0.3 is 5.11 Å². The largest absolute Gasteiger partial charge is 0.393 e. The molecule has 1 nitrogen and oxygen atoms in total. The van der Waals surface area contributed by atoms with E-state index in [9.17, 15) is 5.11 Å². The van der Waals surface area contributed by atoms with Crippen LogP contribution in [0.2, 0.25) is 0 Å². The van der Waals surface area contributed by atoms with Gasteiger partial charge in [-0.3, -0.25) is 0 Å². The van der Waals surface area contributed by atoms with E-state index in [4.69, 9.17) is 0 Å². The molecule has 1 heterocycles. The predicted molar refractivity (Wildman–Crippen MR) is 49.1 cm³/mol. The Morgan fingerprint density at radius 2 is 2.27 bits per heavy atom. The molecule has 1 atom stereocenters. The molecule has 1 N–H and O–H groups in total. The van der Waals surface area contributed by atoms with E-state index >= 15 is 0 Å². The summed E-state index contributed by atoms with van der Waals surface area (Å²) in [7, 11) is 0. The van der Waals surface area contributed by atoms with E-state index in [0.717, 1.165) is 12.8 Å². The van der Waals surface area contributed by atoms with E-state index in [-0.39, 0.29) is 6.10 Å². The van der Waals surface area contributed by atoms with Gasteiger partial charge in [0.05, 0.1) is 6.10 Å². The molecule has 1 rings (SSSR count). The third-order valence-corrected chi connectivity index (χ3v) is 2.73. The highest BCUT2D eigenvalue weighted by molar-refractivity contribution is 7.11. The van der Waals surface area contributed by atoms with E-state index < -0.39 is 0 Å². The topological polar surface area (TPSA) is 20.2 Å². The molecular formula is C9H14OS. The summed E-state index contributed by atoms with van der Waals surface area (Å²) in [6, 6.07) is 4.20. The molecular weight excluding hydrogens is 156 g/mol. The molecule has 0 radical (unpaired) electrons. The van der Waals surface area contributed by atoms with Crippen molar-refractivity contribution in [3.8, 4) is 0 Å². The Hall–Kier alpha value is -0.340. The van der Waals surface area contributed by atoms with Gasteiger partial charge >= 0.3 is 0 Å². The molecule has 62 valence electrons. The molecule has 1 aromatic rings. The fourth-order valence-corrected chi connectivity index (χ4v) is 1.93. The van der Waals surface area contributed by atoms with Crippen LogP contribution in [0.3, 0.4) is 0 Å². The van der Waals surface area contributed by atoms with E-state index in [1.165, 1.54) is 9.75 Å². The number of rotatable bonds is 3. The van der Waals surface area contributed by atoms with Crippen LogP contribution < -0.4 is 0 Å². The van der Waals surface area contributed by atoms with Crippen molar-refractivity contribution in [3.63, 3.8) is 0 Å². The van der Waals surface area contributed by atoms with Gasteiger partial charge in [0.2, 0.25) is 0 Å². The second-order valence-corrected chi connectivity index (χ2v) is 4.15. The van der Waals surface area contributed by atoms with Crippen LogP contribution in [0.4, 0.5) is 0 Å². The Labute approximate surface area is 71.7 Å². The van der Waals surface area contributed by atoms with Gasteiger partial charge in [-0.1, -0.05) is 6.92 Å². The summed E-state index contributed by atoms with van der Waals surface area (Å²) >= 11 is 1.77. The summed E-state index contributed by atoms with van der Waals surface area (Å²) in [6.45, 7) is 4.09. The first-order valence-electron chi connectivity index (χ1n) is 3.95. The fourth-order valence-electron chi connectivity index (χ4n) is 0.971. The fraction of sp³-hybridized carbons (Fsp3) is 0.556. The Balaban J connectivity index is 2.50. The van der Waals surface area contributed by atoms with Gasteiger partial charge in [0, 0.05) is 16.2 Å². The smallest absolute Gasteiger partial charge is 0.0585 e. The first-order valence-corrected chi connectivity index (χ1v) is 4.77. The van der Waals surface area contributed by atoms with Crippen molar-refractivity contribution in [3.05, 3.63) is 21.9 Å². The zero-order valence-electron chi connectivity index (χ0n) is 7.00. The lowest BCUT2D eigenvalue weighted by Crippen LogP contribution is -2.06. The van der Waals surface area contributed by atoms with Gasteiger partial charge in [-0.05, 0) is 25.5 Å². The van der Waals surface area contributed by atoms with Crippen molar-refractivity contribution < 1.29 is 5.11 Å². The van der Waals surface area contributed by atoms with Crippen molar-refractivity contribution in [1.29, 1.82) is 0 Å². The standard InChI is InChI=1S/C9H14OS/c1-3-8(10)6-9-5-4-7(2)11-9/h4-5,8,10H,3,6H2,1-2H3. The highest BCUT2D eigenvalue weighted by atomic mass is 32.1. The Kier molecular flexibility index (Phi) is 3.09. The molecule has 0 aliphatic carbocycles. The molecule has 0 saturated heterocycles. The normalized spacial score (nSPS) is 13.4. The van der Waals surface area contributed by atoms with Crippen LogP contribution in [0.15, 0.2) is 12.1 Å². The third-order valence-electron chi connectivity index (χ3n) is 1.70. The molecule has 0 saturated carbocycles. The molecule has 0 aliphatic heterocycles. The number of aliphatic hydroxyl groups is 1. The molecule has 11 heavy (non-hydrogen) atoms. The van der Waals surface area contributed by atoms with Crippen molar-refractivity contribution >= 4 is 11.3 Å². The second kappa shape index (κ2) is 3.88. The molecule has 0 bridgehead atoms. The van der Waals surface area contributed by atoms with Crippen LogP contribution >= 0.6 is 11.3 Å². The zero-order chi connectivity index (χ0) is 8.27. The van der Waals surface area contributed by atoms with E-state index in [1.807, 2.05) is 6.92 Å². The molecule has 0 aromatic carbocycles. The van der Waals surface area contributed by atoms with Gasteiger partial charge in [-0.2, -0.15) is 0 Å². The SMILES string of the molecule is CCC(O)Cc1ccc(C)s1. The van der Waals surface area contributed by atoms with Crippen LogP contribution in [0.1, 0.15) is 23.1 Å². The van der Waals surface area contributed by atoms with Gasteiger partial charge in [-0.25, -0.2) is 0 Å². The maximum Gasteiger partial charge on any atom is 0.0585 e. The molecule has 0 spiro atoms. The maximum absolute atomic E-state index is 9.33. The summed E-state index contributed by atoms with van der Waals surface area (Å²) in [5.74, 6) is 0. The number of hydrogen-bond acceptors (Lipinski definition) is 2. The number of aryl methyl sites for hydroxylation is 1. The number of aliphatic hydroxyl groups excluding tert-OH is 1. The molecule has 0 amide bonds. The minimum Gasteiger partial charge on any atom is -0.393 e. The van der Waals surface area contributed by atoms with Crippen molar-refractivity contribution in [2.75, 3.05) is 0 Å². The predicted octanol–water partition coefficient (Wildman–Crippen LogP) is 2.37. The molecule has 0 fully saturated rings. The lowest BCUT2D eigenvalue weighted by atomic mass is 10.2. The van der Waals surface area contributed by atoms with Gasteiger partial charge in [-0.15, -0.1) is 11.3 Å². The minimum atomic E-state index is -0.159. The summed E-state index contributed by atoms with van der Waals surface area (Å²) in [6.07, 6.45) is 1.50. The van der Waals surface area contributed by atoms with Crippen LogP contribution in [0.25, 0.3) is 0 Å². The van der Waals surface area contributed by atoms with Crippen molar-refractivity contribution in [1.82, 2.24) is 0 Å². The Morgan fingerprint density at radius 3 is 2.73 bits per heavy atom. The lowest BCUT2D eigenvalue weighted by Gasteiger charge is -2.03. The third kappa shape index (κ3) is 2.64. The number of thiophene rings is 1.